The number of methoxy groups -OCH3 is 2. The smallest absolute Gasteiger partial charge is 0.237 e. The highest BCUT2D eigenvalue weighted by Crippen LogP contribution is 2.32. The fourth-order valence-corrected chi connectivity index (χ4v) is 2.41. The third-order valence-electron chi connectivity index (χ3n) is 3.55. The average molecular weight is 296 g/mol. The highest BCUT2D eigenvalue weighted by molar-refractivity contribution is 6.12. The Morgan fingerprint density at radius 1 is 1.09 bits per heavy atom. The number of hydrogen-bond donors (Lipinski definition) is 1. The lowest BCUT2D eigenvalue weighted by Gasteiger charge is -2.06. The number of fused-ring (bicyclic) bond motifs is 1. The molecule has 0 fully saturated rings. The van der Waals surface area contributed by atoms with E-state index in [1.54, 1.807) is 38.6 Å². The van der Waals surface area contributed by atoms with Gasteiger partial charge in [-0.3, -0.25) is 9.79 Å². The minimum absolute atomic E-state index is 0.0696. The van der Waals surface area contributed by atoms with Gasteiger partial charge >= 0.3 is 0 Å². The highest BCUT2D eigenvalue weighted by Gasteiger charge is 2.28. The van der Waals surface area contributed by atoms with Crippen LogP contribution in [0.1, 0.15) is 11.5 Å². The maximum absolute atomic E-state index is 12.0. The Balaban J connectivity index is 1.90. The molecule has 1 atom stereocenters. The van der Waals surface area contributed by atoms with Crippen molar-refractivity contribution in [2.45, 2.75) is 5.92 Å². The summed E-state index contributed by atoms with van der Waals surface area (Å²) in [5, 5.41) is 2.85. The van der Waals surface area contributed by atoms with Crippen molar-refractivity contribution in [2.75, 3.05) is 19.5 Å². The van der Waals surface area contributed by atoms with Crippen LogP contribution in [-0.2, 0) is 4.79 Å². The van der Waals surface area contributed by atoms with E-state index in [9.17, 15) is 4.79 Å². The lowest BCUT2D eigenvalue weighted by Crippen LogP contribution is -2.12. The zero-order valence-corrected chi connectivity index (χ0v) is 12.4. The third kappa shape index (κ3) is 2.65. The van der Waals surface area contributed by atoms with E-state index in [0.717, 1.165) is 11.3 Å². The van der Waals surface area contributed by atoms with Crippen LogP contribution in [0.15, 0.2) is 47.5 Å². The van der Waals surface area contributed by atoms with E-state index in [0.29, 0.717) is 17.2 Å². The molecule has 1 heterocycles. The van der Waals surface area contributed by atoms with E-state index < -0.39 is 0 Å². The first-order valence-corrected chi connectivity index (χ1v) is 6.88. The van der Waals surface area contributed by atoms with Crippen molar-refractivity contribution in [2.24, 2.45) is 4.99 Å². The Labute approximate surface area is 128 Å². The van der Waals surface area contributed by atoms with E-state index in [-0.39, 0.29) is 11.8 Å². The summed E-state index contributed by atoms with van der Waals surface area (Å²) in [5.41, 5.74) is 2.45. The standard InChI is InChI=1S/C17H16N2O3/c1-21-12-7-11(8-13(9-12)22-2)18-10-15-14-5-3-4-6-16(14)19-17(15)20/h3-10,15H,1-2H3,(H,19,20). The summed E-state index contributed by atoms with van der Waals surface area (Å²) in [6, 6.07) is 13.0. The Hall–Kier alpha value is -2.82. The number of aliphatic imine (C=N–C) groups is 1. The van der Waals surface area contributed by atoms with Crippen LogP contribution in [0, 0.1) is 0 Å². The molecule has 1 aliphatic rings. The van der Waals surface area contributed by atoms with Gasteiger partial charge in [-0.15, -0.1) is 0 Å². The Bertz CT molecular complexity index is 718. The van der Waals surface area contributed by atoms with Gasteiger partial charge in [0.2, 0.25) is 5.91 Å². The molecule has 3 rings (SSSR count). The molecule has 2 aromatic carbocycles. The summed E-state index contributed by atoms with van der Waals surface area (Å²) in [5.74, 6) is 0.860. The molecular formula is C17H16N2O3. The van der Waals surface area contributed by atoms with Crippen LogP contribution < -0.4 is 14.8 Å². The first-order valence-electron chi connectivity index (χ1n) is 6.88. The van der Waals surface area contributed by atoms with Crippen LogP contribution in [0.25, 0.3) is 0 Å². The molecule has 5 heteroatoms. The van der Waals surface area contributed by atoms with E-state index >= 15 is 0 Å². The monoisotopic (exact) mass is 296 g/mol. The van der Waals surface area contributed by atoms with Crippen molar-refractivity contribution in [1.29, 1.82) is 0 Å². The van der Waals surface area contributed by atoms with Crippen molar-refractivity contribution in [3.8, 4) is 11.5 Å². The molecule has 112 valence electrons. The van der Waals surface area contributed by atoms with Gasteiger partial charge in [0.15, 0.2) is 0 Å². The van der Waals surface area contributed by atoms with Gasteiger partial charge in [0.1, 0.15) is 17.4 Å². The maximum Gasteiger partial charge on any atom is 0.237 e. The molecular weight excluding hydrogens is 280 g/mol. The summed E-state index contributed by atoms with van der Waals surface area (Å²) in [4.78, 5) is 16.5. The molecule has 1 N–H and O–H groups in total. The molecule has 1 aliphatic heterocycles. The molecule has 0 bridgehead atoms. The molecule has 2 aromatic rings. The van der Waals surface area contributed by atoms with Gasteiger partial charge in [0.25, 0.3) is 0 Å². The van der Waals surface area contributed by atoms with Crippen LogP contribution in [0.2, 0.25) is 0 Å². The van der Waals surface area contributed by atoms with E-state index in [1.165, 1.54) is 0 Å². The minimum atomic E-state index is -0.381. The lowest BCUT2D eigenvalue weighted by atomic mass is 10.0. The molecule has 0 aliphatic carbocycles. The van der Waals surface area contributed by atoms with E-state index in [4.69, 9.17) is 9.47 Å². The number of nitrogens with one attached hydrogen (secondary N) is 1. The maximum atomic E-state index is 12.0. The van der Waals surface area contributed by atoms with Crippen LogP contribution in [-0.4, -0.2) is 26.3 Å². The summed E-state index contributed by atoms with van der Waals surface area (Å²) >= 11 is 0. The third-order valence-corrected chi connectivity index (χ3v) is 3.55. The number of para-hydroxylation sites is 1. The molecule has 1 amide bonds. The van der Waals surface area contributed by atoms with Gasteiger partial charge in [-0.25, -0.2) is 0 Å². The molecule has 22 heavy (non-hydrogen) atoms. The highest BCUT2D eigenvalue weighted by atomic mass is 16.5. The lowest BCUT2D eigenvalue weighted by molar-refractivity contribution is -0.115. The van der Waals surface area contributed by atoms with Gasteiger partial charge in [0.05, 0.1) is 19.9 Å². The van der Waals surface area contributed by atoms with Crippen LogP contribution in [0.5, 0.6) is 11.5 Å². The summed E-state index contributed by atoms with van der Waals surface area (Å²) in [7, 11) is 3.17. The van der Waals surface area contributed by atoms with Crippen molar-refractivity contribution >= 4 is 23.5 Å². The van der Waals surface area contributed by atoms with E-state index in [2.05, 4.69) is 10.3 Å². The van der Waals surface area contributed by atoms with Crippen molar-refractivity contribution in [3.05, 3.63) is 48.0 Å². The Morgan fingerprint density at radius 2 is 1.77 bits per heavy atom. The number of amides is 1. The fraction of sp³-hybridized carbons (Fsp3) is 0.176. The van der Waals surface area contributed by atoms with Crippen molar-refractivity contribution in [3.63, 3.8) is 0 Å². The van der Waals surface area contributed by atoms with Crippen molar-refractivity contribution in [1.82, 2.24) is 0 Å². The number of rotatable bonds is 4. The number of nitrogens with zero attached hydrogens (tertiary/aromatic N) is 1. The van der Waals surface area contributed by atoms with Gasteiger partial charge in [-0.05, 0) is 11.6 Å². The zero-order chi connectivity index (χ0) is 15.5. The van der Waals surface area contributed by atoms with Crippen LogP contribution in [0.3, 0.4) is 0 Å². The molecule has 1 unspecified atom stereocenters. The number of ether oxygens (including phenoxy) is 2. The number of anilines is 1. The Morgan fingerprint density at radius 3 is 2.45 bits per heavy atom. The van der Waals surface area contributed by atoms with Gasteiger partial charge < -0.3 is 14.8 Å². The normalized spacial score (nSPS) is 16.5. The first-order chi connectivity index (χ1) is 10.7. The molecule has 0 saturated heterocycles. The summed E-state index contributed by atoms with van der Waals surface area (Å²) in [6.07, 6.45) is 1.65. The number of benzene rings is 2. The second-order valence-electron chi connectivity index (χ2n) is 4.90. The van der Waals surface area contributed by atoms with Gasteiger partial charge in [0, 0.05) is 30.1 Å². The van der Waals surface area contributed by atoms with Crippen LogP contribution in [0.4, 0.5) is 11.4 Å². The molecule has 0 saturated carbocycles. The quantitative estimate of drug-likeness (QED) is 0.882. The predicted molar refractivity (Wildman–Crippen MR) is 85.5 cm³/mol. The molecule has 5 nitrogen and oxygen atoms in total. The van der Waals surface area contributed by atoms with E-state index in [1.807, 2.05) is 24.3 Å². The predicted octanol–water partition coefficient (Wildman–Crippen LogP) is 3.14. The summed E-state index contributed by atoms with van der Waals surface area (Å²) < 4.78 is 10.4. The second kappa shape index (κ2) is 5.89. The molecule has 0 spiro atoms. The zero-order valence-electron chi connectivity index (χ0n) is 12.4. The fourth-order valence-electron chi connectivity index (χ4n) is 2.41. The molecule has 0 aromatic heterocycles. The topological polar surface area (TPSA) is 59.9 Å². The SMILES string of the molecule is COc1cc(N=CC2C(=O)Nc3ccccc32)cc(OC)c1. The van der Waals surface area contributed by atoms with Crippen molar-refractivity contribution < 1.29 is 14.3 Å². The van der Waals surface area contributed by atoms with Gasteiger partial charge in [-0.2, -0.15) is 0 Å². The first kappa shape index (κ1) is 14.1. The summed E-state index contributed by atoms with van der Waals surface area (Å²) in [6.45, 7) is 0. The number of hydrogen-bond acceptors (Lipinski definition) is 4. The second-order valence-corrected chi connectivity index (χ2v) is 4.90. The Kier molecular flexibility index (Phi) is 3.78. The largest absolute Gasteiger partial charge is 0.497 e. The molecule has 0 radical (unpaired) electrons. The number of carbonyl (C=O) groups is 1. The van der Waals surface area contributed by atoms with Crippen LogP contribution >= 0.6 is 0 Å². The number of carbonyl (C=O) groups excluding carboxylic acids is 1. The minimum Gasteiger partial charge on any atom is -0.497 e. The average Bonchev–Trinajstić information content (AvgIpc) is 2.87. The van der Waals surface area contributed by atoms with Gasteiger partial charge in [-0.1, -0.05) is 18.2 Å².